The van der Waals surface area contributed by atoms with Gasteiger partial charge in [0.2, 0.25) is 0 Å². The molecule has 1 N–H and O–H groups in total. The number of rotatable bonds is 9. The highest BCUT2D eigenvalue weighted by Gasteiger charge is 2.23. The summed E-state index contributed by atoms with van der Waals surface area (Å²) in [5.74, 6) is 2.58. The number of nitrogens with zero attached hydrogens (tertiary/aromatic N) is 3. The summed E-state index contributed by atoms with van der Waals surface area (Å²) < 4.78 is 2.07. The van der Waals surface area contributed by atoms with Gasteiger partial charge in [-0.15, -0.1) is 0 Å². The molecule has 19 heavy (non-hydrogen) atoms. The van der Waals surface area contributed by atoms with Crippen molar-refractivity contribution in [2.75, 3.05) is 6.54 Å². The molecule has 4 nitrogen and oxygen atoms in total. The molecule has 0 aromatic carbocycles. The Morgan fingerprint density at radius 2 is 2.21 bits per heavy atom. The van der Waals surface area contributed by atoms with E-state index in [1.54, 1.807) is 6.33 Å². The highest BCUT2D eigenvalue weighted by molar-refractivity contribution is 4.90. The Bertz CT molecular complexity index is 368. The van der Waals surface area contributed by atoms with E-state index in [0.29, 0.717) is 5.92 Å². The van der Waals surface area contributed by atoms with Crippen LogP contribution in [-0.2, 0) is 13.0 Å². The first-order chi connectivity index (χ1) is 9.19. The van der Waals surface area contributed by atoms with Gasteiger partial charge < -0.3 is 5.32 Å². The van der Waals surface area contributed by atoms with Crippen molar-refractivity contribution >= 4 is 0 Å². The van der Waals surface area contributed by atoms with E-state index < -0.39 is 0 Å². The number of hydrogen-bond donors (Lipinski definition) is 1. The number of nitrogens with one attached hydrogen (secondary N) is 1. The first-order valence-corrected chi connectivity index (χ1v) is 7.79. The predicted molar refractivity (Wildman–Crippen MR) is 78.0 cm³/mol. The highest BCUT2D eigenvalue weighted by Crippen LogP contribution is 2.21. The molecule has 1 aliphatic rings. The second-order valence-corrected chi connectivity index (χ2v) is 6.28. The molecule has 108 valence electrons. The van der Waals surface area contributed by atoms with Gasteiger partial charge in [-0.3, -0.25) is 4.68 Å². The summed E-state index contributed by atoms with van der Waals surface area (Å²) in [6, 6.07) is 0.795. The maximum Gasteiger partial charge on any atom is 0.138 e. The highest BCUT2D eigenvalue weighted by atomic mass is 15.3. The molecule has 0 bridgehead atoms. The average Bonchev–Trinajstić information content (AvgIpc) is 3.09. The van der Waals surface area contributed by atoms with Crippen molar-refractivity contribution in [1.82, 2.24) is 20.1 Å². The first-order valence-electron chi connectivity index (χ1n) is 7.79. The van der Waals surface area contributed by atoms with Crippen molar-refractivity contribution in [2.45, 2.75) is 65.5 Å². The molecule has 0 saturated heterocycles. The molecule has 4 heteroatoms. The molecule has 1 heterocycles. The van der Waals surface area contributed by atoms with Crippen molar-refractivity contribution in [1.29, 1.82) is 0 Å². The van der Waals surface area contributed by atoms with E-state index in [4.69, 9.17) is 0 Å². The van der Waals surface area contributed by atoms with Gasteiger partial charge in [0.15, 0.2) is 0 Å². The molecule has 1 aliphatic carbocycles. The van der Waals surface area contributed by atoms with E-state index in [-0.39, 0.29) is 0 Å². The third-order valence-electron chi connectivity index (χ3n) is 3.68. The fraction of sp³-hybridized carbons (Fsp3) is 0.867. The second kappa shape index (κ2) is 7.04. The molecule has 1 unspecified atom stereocenters. The SMILES string of the molecule is CCCn1ncnc1CC(CNC1CC1)CC(C)C. The van der Waals surface area contributed by atoms with Crippen LogP contribution in [0.15, 0.2) is 6.33 Å². The van der Waals surface area contributed by atoms with Gasteiger partial charge in [-0.05, 0) is 44.1 Å². The van der Waals surface area contributed by atoms with Crippen LogP contribution in [0.2, 0.25) is 0 Å². The standard InChI is InChI=1S/C15H28N4/c1-4-7-19-15(17-11-18-19)9-13(8-12(2)3)10-16-14-5-6-14/h11-14,16H,4-10H2,1-3H3. The van der Waals surface area contributed by atoms with E-state index >= 15 is 0 Å². The minimum absolute atomic E-state index is 0.681. The van der Waals surface area contributed by atoms with Gasteiger partial charge in [0.1, 0.15) is 12.2 Å². The summed E-state index contributed by atoms with van der Waals surface area (Å²) in [6.07, 6.45) is 7.86. The Kier molecular flexibility index (Phi) is 5.37. The van der Waals surface area contributed by atoms with Crippen LogP contribution in [0.25, 0.3) is 0 Å². The third-order valence-corrected chi connectivity index (χ3v) is 3.68. The number of hydrogen-bond acceptors (Lipinski definition) is 3. The molecule has 1 aromatic heterocycles. The number of aryl methyl sites for hydroxylation is 1. The largest absolute Gasteiger partial charge is 0.314 e. The molecular formula is C15H28N4. The normalized spacial score (nSPS) is 17.1. The van der Waals surface area contributed by atoms with E-state index in [0.717, 1.165) is 43.7 Å². The summed E-state index contributed by atoms with van der Waals surface area (Å²) >= 11 is 0. The van der Waals surface area contributed by atoms with Gasteiger partial charge in [0.05, 0.1) is 0 Å². The fourth-order valence-electron chi connectivity index (χ4n) is 2.63. The topological polar surface area (TPSA) is 42.7 Å². The Hall–Kier alpha value is -0.900. The molecule has 0 amide bonds. The lowest BCUT2D eigenvalue weighted by Gasteiger charge is -2.19. The van der Waals surface area contributed by atoms with Crippen LogP contribution in [0.3, 0.4) is 0 Å². The average molecular weight is 264 g/mol. The van der Waals surface area contributed by atoms with Crippen LogP contribution < -0.4 is 5.32 Å². The zero-order valence-corrected chi connectivity index (χ0v) is 12.6. The van der Waals surface area contributed by atoms with Crippen molar-refractivity contribution in [3.05, 3.63) is 12.2 Å². The maximum atomic E-state index is 4.45. The van der Waals surface area contributed by atoms with Gasteiger partial charge in [-0.1, -0.05) is 20.8 Å². The smallest absolute Gasteiger partial charge is 0.138 e. The molecule has 0 spiro atoms. The van der Waals surface area contributed by atoms with Gasteiger partial charge in [0, 0.05) is 19.0 Å². The van der Waals surface area contributed by atoms with Crippen molar-refractivity contribution in [3.63, 3.8) is 0 Å². The zero-order chi connectivity index (χ0) is 13.7. The Labute approximate surface area is 117 Å². The minimum atomic E-state index is 0.681. The summed E-state index contributed by atoms with van der Waals surface area (Å²) in [5.41, 5.74) is 0. The van der Waals surface area contributed by atoms with Crippen molar-refractivity contribution in [3.8, 4) is 0 Å². The Balaban J connectivity index is 1.90. The van der Waals surface area contributed by atoms with E-state index in [2.05, 4.69) is 40.9 Å². The maximum absolute atomic E-state index is 4.45. The summed E-state index contributed by atoms with van der Waals surface area (Å²) in [6.45, 7) is 8.91. The fourth-order valence-corrected chi connectivity index (χ4v) is 2.63. The zero-order valence-electron chi connectivity index (χ0n) is 12.6. The van der Waals surface area contributed by atoms with Crippen LogP contribution in [-0.4, -0.2) is 27.4 Å². The summed E-state index contributed by atoms with van der Waals surface area (Å²) in [5, 5.41) is 8.00. The molecule has 0 aliphatic heterocycles. The van der Waals surface area contributed by atoms with Crippen LogP contribution >= 0.6 is 0 Å². The lowest BCUT2D eigenvalue weighted by atomic mass is 9.93. The van der Waals surface area contributed by atoms with Crippen LogP contribution in [0, 0.1) is 11.8 Å². The molecule has 2 rings (SSSR count). The molecule has 1 aromatic rings. The lowest BCUT2D eigenvalue weighted by Crippen LogP contribution is -2.28. The van der Waals surface area contributed by atoms with E-state index in [9.17, 15) is 0 Å². The van der Waals surface area contributed by atoms with Crippen LogP contribution in [0.1, 0.15) is 52.3 Å². The molecule has 1 atom stereocenters. The van der Waals surface area contributed by atoms with E-state index in [1.165, 1.54) is 19.3 Å². The van der Waals surface area contributed by atoms with Gasteiger partial charge in [-0.2, -0.15) is 5.10 Å². The van der Waals surface area contributed by atoms with Crippen molar-refractivity contribution < 1.29 is 0 Å². The summed E-state index contributed by atoms with van der Waals surface area (Å²) in [4.78, 5) is 4.45. The van der Waals surface area contributed by atoms with Crippen molar-refractivity contribution in [2.24, 2.45) is 11.8 Å². The monoisotopic (exact) mass is 264 g/mol. The lowest BCUT2D eigenvalue weighted by molar-refractivity contribution is 0.371. The van der Waals surface area contributed by atoms with Gasteiger partial charge in [-0.25, -0.2) is 4.98 Å². The summed E-state index contributed by atoms with van der Waals surface area (Å²) in [7, 11) is 0. The predicted octanol–water partition coefficient (Wildman–Crippen LogP) is 2.64. The molecule has 0 radical (unpaired) electrons. The Morgan fingerprint density at radius 3 is 2.84 bits per heavy atom. The molecule has 1 fully saturated rings. The van der Waals surface area contributed by atoms with E-state index in [1.807, 2.05) is 0 Å². The number of aromatic nitrogens is 3. The third kappa shape index (κ3) is 4.94. The van der Waals surface area contributed by atoms with Crippen LogP contribution in [0.5, 0.6) is 0 Å². The second-order valence-electron chi connectivity index (χ2n) is 6.28. The first kappa shape index (κ1) is 14.5. The van der Waals surface area contributed by atoms with Gasteiger partial charge in [0.25, 0.3) is 0 Å². The quantitative estimate of drug-likeness (QED) is 0.745. The molecular weight excluding hydrogens is 236 g/mol. The van der Waals surface area contributed by atoms with Crippen LogP contribution in [0.4, 0.5) is 0 Å². The molecule has 1 saturated carbocycles. The minimum Gasteiger partial charge on any atom is -0.314 e. The van der Waals surface area contributed by atoms with Gasteiger partial charge >= 0.3 is 0 Å². The Morgan fingerprint density at radius 1 is 1.42 bits per heavy atom.